The molecular weight excluding hydrogens is 1330 g/mol. The normalized spacial score (nSPS) is 12.8. The van der Waals surface area contributed by atoms with Gasteiger partial charge in [0.15, 0.2) is 0 Å². The van der Waals surface area contributed by atoms with Crippen molar-refractivity contribution in [1.82, 2.24) is 72.3 Å². The highest BCUT2D eigenvalue weighted by atomic mass is 32.2. The molecule has 21 heteroatoms. The summed E-state index contributed by atoms with van der Waals surface area (Å²) in [5.41, 5.74) is 20.3. The largest absolute Gasteiger partial charge is 0.319 e. The van der Waals surface area contributed by atoms with Gasteiger partial charge in [0.2, 0.25) is 9.84 Å². The highest BCUT2D eigenvalue weighted by Crippen LogP contribution is 2.44. The predicted molar refractivity (Wildman–Crippen MR) is 419 cm³/mol. The third kappa shape index (κ3) is 21.4. The predicted octanol–water partition coefficient (Wildman–Crippen LogP) is 18.5. The zero-order chi connectivity index (χ0) is 74.2. The van der Waals surface area contributed by atoms with E-state index in [4.69, 9.17) is 4.99 Å². The number of likely N-dealkylation sites (N-methyl/N-ethyl adjacent to an activating group) is 1. The number of fused-ring (bicyclic) bond motifs is 9. The number of aliphatic imine (C=N–C) groups is 1. The molecule has 6 aromatic heterocycles. The van der Waals surface area contributed by atoms with Crippen molar-refractivity contribution in [3.05, 3.63) is 285 Å². The van der Waals surface area contributed by atoms with Crippen LogP contribution in [0, 0.1) is 104 Å². The van der Waals surface area contributed by atoms with Crippen LogP contribution in [0.5, 0.6) is 0 Å². The van der Waals surface area contributed by atoms with Crippen molar-refractivity contribution >= 4 is 71.8 Å². The average molecular weight is 1420 g/mol. The molecule has 0 bridgehead atoms. The summed E-state index contributed by atoms with van der Waals surface area (Å²) in [4.78, 5) is 27.7. The Balaban J connectivity index is 0.000000164. The molecule has 102 heavy (non-hydrogen) atoms. The van der Waals surface area contributed by atoms with Crippen LogP contribution in [0.25, 0.3) is 44.0 Å². The fourth-order valence-corrected chi connectivity index (χ4v) is 13.3. The number of sulfone groups is 1. The second kappa shape index (κ2) is 37.9. The summed E-state index contributed by atoms with van der Waals surface area (Å²) in [5, 5.41) is 16.7. The molecular formula is C81H94N16O2S3. The lowest BCUT2D eigenvalue weighted by molar-refractivity contribution is 0.263. The summed E-state index contributed by atoms with van der Waals surface area (Å²) in [6.45, 7) is 35.7. The van der Waals surface area contributed by atoms with Crippen molar-refractivity contribution in [2.24, 2.45) is 12.0 Å². The van der Waals surface area contributed by atoms with E-state index in [9.17, 15) is 8.42 Å². The number of hydrogen-bond acceptors (Lipinski definition) is 18. The zero-order valence-electron chi connectivity index (χ0n) is 62.3. The number of rotatable bonds is 2. The minimum atomic E-state index is -3.37. The van der Waals surface area contributed by atoms with E-state index in [0.717, 1.165) is 74.0 Å². The van der Waals surface area contributed by atoms with Gasteiger partial charge in [-0.15, -0.1) is 10.2 Å². The molecule has 2 unspecified atom stereocenters. The van der Waals surface area contributed by atoms with Gasteiger partial charge in [0.1, 0.15) is 69.0 Å². The second-order valence-corrected chi connectivity index (χ2v) is 27.4. The Morgan fingerprint density at radius 3 is 1.21 bits per heavy atom. The van der Waals surface area contributed by atoms with Gasteiger partial charge in [-0.1, -0.05) is 170 Å². The minimum Gasteiger partial charge on any atom is -0.319 e. The Morgan fingerprint density at radius 1 is 0.422 bits per heavy atom. The molecule has 1 aliphatic heterocycles. The topological polar surface area (TPSA) is 225 Å². The quantitative estimate of drug-likeness (QED) is 0.170. The summed E-state index contributed by atoms with van der Waals surface area (Å²) in [6.07, 6.45) is 3.82. The van der Waals surface area contributed by atoms with Gasteiger partial charge in [-0.05, 0) is 210 Å². The van der Waals surface area contributed by atoms with E-state index in [1.54, 1.807) is 60.9 Å². The molecule has 16 rings (SSSR count). The molecule has 8 aromatic carbocycles. The number of hydrogen-bond donors (Lipinski definition) is 1. The number of nitrogens with one attached hydrogen (secondary N) is 1. The maximum atomic E-state index is 12.3. The highest BCUT2D eigenvalue weighted by molar-refractivity contribution is 7.91. The van der Waals surface area contributed by atoms with Crippen LogP contribution in [-0.4, -0.2) is 99.6 Å². The van der Waals surface area contributed by atoms with E-state index in [2.05, 4.69) is 213 Å². The van der Waals surface area contributed by atoms with E-state index in [1.807, 2.05) is 125 Å². The van der Waals surface area contributed by atoms with Crippen LogP contribution >= 0.6 is 23.5 Å². The van der Waals surface area contributed by atoms with Crippen LogP contribution in [0.3, 0.4) is 0 Å². The fourth-order valence-electron chi connectivity index (χ4n) is 10.7. The zero-order valence-corrected chi connectivity index (χ0v) is 64.8. The molecule has 0 amide bonds. The van der Waals surface area contributed by atoms with Crippen molar-refractivity contribution < 1.29 is 8.42 Å². The number of aryl methyl sites for hydroxylation is 15. The first-order chi connectivity index (χ1) is 48.8. The van der Waals surface area contributed by atoms with Gasteiger partial charge in [-0.2, -0.15) is 22.6 Å². The number of nitrogens with zero attached hydrogens (tertiary/aromatic N) is 15. The number of aromatic nitrogens is 14. The minimum absolute atomic E-state index is 0.249. The van der Waals surface area contributed by atoms with Crippen LogP contribution in [0.2, 0.25) is 0 Å². The molecule has 0 saturated carbocycles. The first-order valence-electron chi connectivity index (χ1n) is 33.7. The van der Waals surface area contributed by atoms with Gasteiger partial charge < -0.3 is 4.57 Å². The Hall–Kier alpha value is -10.3. The van der Waals surface area contributed by atoms with E-state index < -0.39 is 9.84 Å². The van der Waals surface area contributed by atoms with Gasteiger partial charge >= 0.3 is 0 Å². The molecule has 1 N–H and O–H groups in total. The van der Waals surface area contributed by atoms with Crippen molar-refractivity contribution in [3.8, 4) is 11.1 Å². The van der Waals surface area contributed by atoms with Crippen LogP contribution in [0.1, 0.15) is 123 Å². The molecule has 0 saturated heterocycles. The van der Waals surface area contributed by atoms with Crippen LogP contribution in [-0.2, 0) is 16.9 Å². The summed E-state index contributed by atoms with van der Waals surface area (Å²) < 4.78 is 43.6. The standard InChI is InChI=1S/C17H16N2.C14H14O2S.C12H10N2S.C8H8N2S.C7H8.C6H9N3.C6H7N.C5H9N3.C4H7N3.C2H6/c1-11-18-16-14-9-5-3-7-12(14)13-8-4-6-10-15(13)17(16)19(11)2;1-11-3-7-13(8-4-11)17(15,16)14-9-5-12(2)6-10-14;1-7-9-5-3-4-6-10(9)8(2)12-11(7)13-15-14-12;1-5-3-4-6(2)8-7(5)9-11-10-8;1-7-5-3-2-4-6-7;1-4-7-5(2)9-6(3)8-4;1-6-2-4-7-5-3-6;1-4-6-7-5(2)8(4)3;1-3-5-4(2)7-6-3;1-2/h3-11,17H,1-2H3;3-10H,1-2H3;3-6H,1-2H3;3-4H,1-2H3;2-6H,1H3;1-3H3;2-5H,1H3;1-3H3;1-2H3,(H,5,6,7);1-2H3. The van der Waals surface area contributed by atoms with Crippen molar-refractivity contribution in [2.45, 2.75) is 147 Å². The first kappa shape index (κ1) is 79.0. The smallest absolute Gasteiger partial charge is 0.206 e. The maximum Gasteiger partial charge on any atom is 0.206 e. The number of pyridine rings is 1. The highest BCUT2D eigenvalue weighted by Gasteiger charge is 2.38. The molecule has 0 radical (unpaired) electrons. The van der Waals surface area contributed by atoms with Gasteiger partial charge in [0, 0.05) is 25.0 Å². The SMILES string of the molecule is CC.CC1N=C2c3ccccc3-c3ccccc3C2N1C.Cc1c2ccccc2c(C)c2nsnc12.Cc1ccc(C)c2nsnc12.Cc1ccc(S(=O)(=O)c2ccc(C)cc2)cc1.Cc1ccccc1.Cc1ccncc1.Cc1n[nH]c(C)n1.Cc1nc(C)nc(C)n1.Cc1nnc(C)n1C. The number of benzene rings is 8. The lowest BCUT2D eigenvalue weighted by Gasteiger charge is -2.30. The van der Waals surface area contributed by atoms with E-state index >= 15 is 0 Å². The molecule has 2 aliphatic rings. The second-order valence-electron chi connectivity index (χ2n) is 24.4. The third-order valence-corrected chi connectivity index (χ3v) is 19.4. The lowest BCUT2D eigenvalue weighted by Crippen LogP contribution is -2.31. The summed E-state index contributed by atoms with van der Waals surface area (Å²) in [7, 11) is 0.740. The van der Waals surface area contributed by atoms with Crippen molar-refractivity contribution in [1.29, 1.82) is 0 Å². The van der Waals surface area contributed by atoms with Gasteiger partial charge in [0.05, 0.1) is 45.0 Å². The molecule has 528 valence electrons. The van der Waals surface area contributed by atoms with Gasteiger partial charge in [-0.3, -0.25) is 20.0 Å². The summed E-state index contributed by atoms with van der Waals surface area (Å²) in [6, 6.07) is 58.2. The maximum absolute atomic E-state index is 12.3. The Labute approximate surface area is 610 Å². The third-order valence-electron chi connectivity index (χ3n) is 16.5. The molecule has 2 atom stereocenters. The molecule has 0 fully saturated rings. The molecule has 7 heterocycles. The monoisotopic (exact) mass is 1420 g/mol. The average Bonchev–Trinajstić information content (AvgIpc) is 1.50. The molecule has 0 spiro atoms. The Bertz CT molecular complexity index is 4840. The van der Waals surface area contributed by atoms with Crippen LogP contribution in [0.15, 0.2) is 203 Å². The summed E-state index contributed by atoms with van der Waals surface area (Å²) in [5.74, 6) is 5.97. The fraction of sp³-hybridized carbons (Fsp3) is 0.272. The number of aromatic amines is 1. The Morgan fingerprint density at radius 2 is 0.824 bits per heavy atom. The lowest BCUT2D eigenvalue weighted by atomic mass is 9.81. The van der Waals surface area contributed by atoms with Crippen LogP contribution in [0.4, 0.5) is 0 Å². The van der Waals surface area contributed by atoms with Crippen LogP contribution < -0.4 is 0 Å². The molecule has 18 nitrogen and oxygen atoms in total. The first-order valence-corrected chi connectivity index (χ1v) is 36.6. The summed E-state index contributed by atoms with van der Waals surface area (Å²) >= 11 is 2.57. The van der Waals surface area contributed by atoms with E-state index in [0.29, 0.717) is 15.8 Å². The Kier molecular flexibility index (Phi) is 29.4. The molecule has 1 aliphatic carbocycles. The van der Waals surface area contributed by atoms with Crippen molar-refractivity contribution in [2.75, 3.05) is 7.05 Å². The number of H-pyrrole nitrogens is 1. The van der Waals surface area contributed by atoms with E-state index in [-0.39, 0.29) is 6.17 Å². The van der Waals surface area contributed by atoms with Gasteiger partial charge in [0.25, 0.3) is 0 Å². The van der Waals surface area contributed by atoms with E-state index in [1.165, 1.54) is 95.6 Å². The van der Waals surface area contributed by atoms with Crippen molar-refractivity contribution in [3.63, 3.8) is 0 Å². The van der Waals surface area contributed by atoms with Gasteiger partial charge in [-0.25, -0.2) is 28.4 Å². The molecule has 14 aromatic rings.